The minimum Gasteiger partial charge on any atom is -0.353 e. The number of anilines is 1. The first kappa shape index (κ1) is 24.7. The average molecular weight is 564 g/mol. The minimum absolute atomic E-state index is 0. The molecule has 176 valence electrons. The van der Waals surface area contributed by atoms with Crippen molar-refractivity contribution in [3.63, 3.8) is 0 Å². The van der Waals surface area contributed by atoms with Crippen LogP contribution in [0.25, 0.3) is 0 Å². The molecule has 2 saturated heterocycles. The molecule has 0 spiro atoms. The second kappa shape index (κ2) is 11.8. The van der Waals surface area contributed by atoms with Gasteiger partial charge in [0, 0.05) is 70.8 Å². The van der Waals surface area contributed by atoms with Crippen LogP contribution in [0.1, 0.15) is 15.9 Å². The van der Waals surface area contributed by atoms with E-state index in [0.717, 1.165) is 43.7 Å². The molecule has 0 unspecified atom stereocenters. The third-order valence-electron chi connectivity index (χ3n) is 5.60. The smallest absolute Gasteiger partial charge is 0.254 e. The maximum Gasteiger partial charge on any atom is 0.254 e. The molecule has 11 heteroatoms. The Balaban J connectivity index is 0.00000306. The van der Waals surface area contributed by atoms with Crippen molar-refractivity contribution >= 4 is 47.7 Å². The zero-order valence-electron chi connectivity index (χ0n) is 18.6. The number of nitrogens with zero attached hydrogens (tertiary/aromatic N) is 6. The Hall–Kier alpha value is -2.96. The second-order valence-electron chi connectivity index (χ2n) is 7.70. The van der Waals surface area contributed by atoms with E-state index in [4.69, 9.17) is 0 Å². The summed E-state index contributed by atoms with van der Waals surface area (Å²) in [7, 11) is 1.78. The fourth-order valence-electron chi connectivity index (χ4n) is 3.85. The first-order chi connectivity index (χ1) is 15.6. The zero-order chi connectivity index (χ0) is 22.3. The van der Waals surface area contributed by atoms with Crippen LogP contribution in [0.2, 0.25) is 0 Å². The van der Waals surface area contributed by atoms with Gasteiger partial charge in [-0.05, 0) is 23.8 Å². The Morgan fingerprint density at radius 3 is 2.39 bits per heavy atom. The van der Waals surface area contributed by atoms with Crippen molar-refractivity contribution in [3.05, 3.63) is 53.9 Å². The summed E-state index contributed by atoms with van der Waals surface area (Å²) < 4.78 is 0. The third kappa shape index (κ3) is 6.30. The number of halogens is 1. The summed E-state index contributed by atoms with van der Waals surface area (Å²) in [6, 6.07) is 9.31. The lowest BCUT2D eigenvalue weighted by atomic mass is 10.1. The predicted octanol–water partition coefficient (Wildman–Crippen LogP) is 0.564. The van der Waals surface area contributed by atoms with Gasteiger partial charge in [0.1, 0.15) is 0 Å². The topological polar surface area (TPSA) is 106 Å². The molecule has 2 aliphatic heterocycles. The van der Waals surface area contributed by atoms with Crippen LogP contribution in [-0.2, 0) is 11.3 Å². The molecule has 1 aromatic heterocycles. The summed E-state index contributed by atoms with van der Waals surface area (Å²) in [5.41, 5.74) is 1.64. The molecule has 0 saturated carbocycles. The van der Waals surface area contributed by atoms with Crippen LogP contribution in [-0.4, -0.2) is 90.4 Å². The number of piperazine rings is 2. The fourth-order valence-corrected chi connectivity index (χ4v) is 3.85. The number of aromatic nitrogens is 2. The van der Waals surface area contributed by atoms with Gasteiger partial charge in [0.05, 0.1) is 6.54 Å². The number of amides is 2. The van der Waals surface area contributed by atoms with E-state index in [9.17, 15) is 9.59 Å². The highest BCUT2D eigenvalue weighted by Crippen LogP contribution is 2.11. The lowest BCUT2D eigenvalue weighted by Gasteiger charge is -2.36. The molecule has 10 nitrogen and oxygen atoms in total. The van der Waals surface area contributed by atoms with E-state index in [1.807, 2.05) is 30.3 Å². The van der Waals surface area contributed by atoms with Crippen molar-refractivity contribution in [2.75, 3.05) is 57.8 Å². The monoisotopic (exact) mass is 564 g/mol. The van der Waals surface area contributed by atoms with Crippen LogP contribution in [0.3, 0.4) is 0 Å². The Labute approximate surface area is 210 Å². The van der Waals surface area contributed by atoms with E-state index in [2.05, 4.69) is 35.4 Å². The van der Waals surface area contributed by atoms with E-state index in [0.29, 0.717) is 25.2 Å². The lowest BCUT2D eigenvalue weighted by Crippen LogP contribution is -2.52. The highest BCUT2D eigenvalue weighted by atomic mass is 127. The Bertz CT molecular complexity index is 962. The van der Waals surface area contributed by atoms with Gasteiger partial charge in [-0.1, -0.05) is 12.1 Å². The van der Waals surface area contributed by atoms with E-state index < -0.39 is 0 Å². The number of carbonyl (C=O) groups excluding carboxylic acids is 2. The fraction of sp³-hybridized carbons (Fsp3) is 0.409. The van der Waals surface area contributed by atoms with Crippen LogP contribution in [0, 0.1) is 0 Å². The van der Waals surface area contributed by atoms with E-state index in [1.54, 1.807) is 24.3 Å². The highest BCUT2D eigenvalue weighted by molar-refractivity contribution is 14.0. The standard InChI is InChI=1S/C22H28N8O2.HI/c1-23-21(28-11-13-29(14-12-28)22-25-7-2-8-26-22)27-15-17-3-5-18(6-4-17)20(32)30-10-9-24-19(31)16-30;/h2-8H,9-16H2,1H3,(H,23,27)(H,24,31);1H. The number of benzene rings is 1. The lowest BCUT2D eigenvalue weighted by molar-refractivity contribution is -0.123. The van der Waals surface area contributed by atoms with Gasteiger partial charge in [0.15, 0.2) is 5.96 Å². The SMILES string of the molecule is CN=C(NCc1ccc(C(=O)N2CCNC(=O)C2)cc1)N1CCN(c2ncccn2)CC1.I. The number of hydrogen-bond donors (Lipinski definition) is 2. The van der Waals surface area contributed by atoms with Gasteiger partial charge in [-0.25, -0.2) is 9.97 Å². The largest absolute Gasteiger partial charge is 0.353 e. The molecule has 1 aromatic carbocycles. The molecule has 0 radical (unpaired) electrons. The first-order valence-electron chi connectivity index (χ1n) is 10.8. The molecule has 3 heterocycles. The van der Waals surface area contributed by atoms with E-state index in [1.165, 1.54) is 0 Å². The maximum absolute atomic E-state index is 12.6. The second-order valence-corrected chi connectivity index (χ2v) is 7.70. The maximum atomic E-state index is 12.6. The number of aliphatic imine (C=N–C) groups is 1. The molecule has 0 atom stereocenters. The zero-order valence-corrected chi connectivity index (χ0v) is 20.9. The molecule has 2 aromatic rings. The summed E-state index contributed by atoms with van der Waals surface area (Å²) in [4.78, 5) is 43.2. The minimum atomic E-state index is -0.117. The molecule has 2 N–H and O–H groups in total. The number of nitrogens with one attached hydrogen (secondary N) is 2. The van der Waals surface area contributed by atoms with E-state index >= 15 is 0 Å². The highest BCUT2D eigenvalue weighted by Gasteiger charge is 2.23. The van der Waals surface area contributed by atoms with Gasteiger partial charge in [0.2, 0.25) is 11.9 Å². The Morgan fingerprint density at radius 1 is 1.06 bits per heavy atom. The molecule has 0 aliphatic carbocycles. The molecule has 2 fully saturated rings. The van der Waals surface area contributed by atoms with Crippen LogP contribution in [0.5, 0.6) is 0 Å². The van der Waals surface area contributed by atoms with Crippen molar-refractivity contribution < 1.29 is 9.59 Å². The van der Waals surface area contributed by atoms with Crippen LogP contribution >= 0.6 is 24.0 Å². The number of guanidine groups is 1. The summed E-state index contributed by atoms with van der Waals surface area (Å²) in [5.74, 6) is 1.37. The molecule has 0 bridgehead atoms. The molecular weight excluding hydrogens is 535 g/mol. The van der Waals surface area contributed by atoms with Crippen molar-refractivity contribution in [1.29, 1.82) is 0 Å². The third-order valence-corrected chi connectivity index (χ3v) is 5.60. The molecule has 2 aliphatic rings. The average Bonchev–Trinajstić information content (AvgIpc) is 2.85. The molecule has 33 heavy (non-hydrogen) atoms. The van der Waals surface area contributed by atoms with Crippen LogP contribution < -0.4 is 15.5 Å². The molecule has 2 amide bonds. The van der Waals surface area contributed by atoms with Crippen molar-refractivity contribution in [2.45, 2.75) is 6.54 Å². The Kier molecular flexibility index (Phi) is 8.80. The van der Waals surface area contributed by atoms with Gasteiger partial charge >= 0.3 is 0 Å². The van der Waals surface area contributed by atoms with Gasteiger partial charge in [-0.15, -0.1) is 24.0 Å². The molecular formula is C22H29IN8O2. The van der Waals surface area contributed by atoms with Crippen molar-refractivity contribution in [2.24, 2.45) is 4.99 Å². The quantitative estimate of drug-likeness (QED) is 0.318. The number of rotatable bonds is 4. The summed E-state index contributed by atoms with van der Waals surface area (Å²) >= 11 is 0. The van der Waals surface area contributed by atoms with Crippen molar-refractivity contribution in [3.8, 4) is 0 Å². The predicted molar refractivity (Wildman–Crippen MR) is 137 cm³/mol. The Morgan fingerprint density at radius 2 is 1.76 bits per heavy atom. The van der Waals surface area contributed by atoms with Crippen molar-refractivity contribution in [1.82, 2.24) is 30.4 Å². The summed E-state index contributed by atoms with van der Waals surface area (Å²) in [5, 5.41) is 6.14. The normalized spacial score (nSPS) is 16.7. The first-order valence-corrected chi connectivity index (χ1v) is 10.8. The van der Waals surface area contributed by atoms with Gasteiger partial charge < -0.3 is 25.3 Å². The van der Waals surface area contributed by atoms with Crippen LogP contribution in [0.4, 0.5) is 5.95 Å². The molecule has 4 rings (SSSR count). The van der Waals surface area contributed by atoms with E-state index in [-0.39, 0.29) is 42.3 Å². The summed E-state index contributed by atoms with van der Waals surface area (Å²) in [6.07, 6.45) is 3.52. The van der Waals surface area contributed by atoms with Gasteiger partial charge in [-0.2, -0.15) is 0 Å². The number of carbonyl (C=O) groups is 2. The van der Waals surface area contributed by atoms with Gasteiger partial charge in [0.25, 0.3) is 5.91 Å². The van der Waals surface area contributed by atoms with Gasteiger partial charge in [-0.3, -0.25) is 14.6 Å². The van der Waals surface area contributed by atoms with Crippen LogP contribution in [0.15, 0.2) is 47.7 Å². The number of hydrogen-bond acceptors (Lipinski definition) is 6. The summed E-state index contributed by atoms with van der Waals surface area (Å²) in [6.45, 7) is 5.07.